The van der Waals surface area contributed by atoms with Gasteiger partial charge in [-0.15, -0.1) is 0 Å². The average molecular weight is 237 g/mol. The fourth-order valence-corrected chi connectivity index (χ4v) is 1.97. The van der Waals surface area contributed by atoms with Crippen molar-refractivity contribution in [2.24, 2.45) is 10.9 Å². The number of allylic oxidation sites excluding steroid dienone is 1. The van der Waals surface area contributed by atoms with Crippen molar-refractivity contribution >= 4 is 6.21 Å². The molecule has 0 bridgehead atoms. The predicted molar refractivity (Wildman–Crippen MR) is 75.6 cm³/mol. The van der Waals surface area contributed by atoms with Gasteiger partial charge in [-0.05, 0) is 26.0 Å². The van der Waals surface area contributed by atoms with E-state index in [2.05, 4.69) is 54.9 Å². The molecular formula is C14H27N3. The van der Waals surface area contributed by atoms with Gasteiger partial charge >= 0.3 is 0 Å². The van der Waals surface area contributed by atoms with Gasteiger partial charge in [0.1, 0.15) is 0 Å². The van der Waals surface area contributed by atoms with Crippen LogP contribution >= 0.6 is 0 Å². The van der Waals surface area contributed by atoms with Crippen LogP contribution in [-0.2, 0) is 0 Å². The summed E-state index contributed by atoms with van der Waals surface area (Å²) < 4.78 is 0. The number of hydrogen-bond acceptors (Lipinski definition) is 3. The molecule has 1 heterocycles. The fraction of sp³-hybridized carbons (Fsp3) is 0.786. The van der Waals surface area contributed by atoms with Crippen molar-refractivity contribution in [2.45, 2.75) is 27.7 Å². The van der Waals surface area contributed by atoms with E-state index in [0.717, 1.165) is 26.2 Å². The van der Waals surface area contributed by atoms with Gasteiger partial charge in [0.2, 0.25) is 0 Å². The summed E-state index contributed by atoms with van der Waals surface area (Å²) in [5, 5.41) is 0. The second-order valence-electron chi connectivity index (χ2n) is 5.38. The Balaban J connectivity index is 2.17. The van der Waals surface area contributed by atoms with Crippen LogP contribution in [0.5, 0.6) is 0 Å². The maximum Gasteiger partial charge on any atom is 0.0513 e. The summed E-state index contributed by atoms with van der Waals surface area (Å²) in [5.41, 5.74) is 1.39. The first kappa shape index (κ1) is 14.2. The van der Waals surface area contributed by atoms with Crippen LogP contribution < -0.4 is 0 Å². The van der Waals surface area contributed by atoms with Crippen LogP contribution in [0.2, 0.25) is 0 Å². The van der Waals surface area contributed by atoms with Gasteiger partial charge in [-0.1, -0.05) is 19.4 Å². The Bertz CT molecular complexity index is 257. The van der Waals surface area contributed by atoms with E-state index in [-0.39, 0.29) is 0 Å². The van der Waals surface area contributed by atoms with Crippen molar-refractivity contribution in [1.82, 2.24) is 9.80 Å². The maximum atomic E-state index is 4.44. The van der Waals surface area contributed by atoms with Crippen molar-refractivity contribution in [2.75, 3.05) is 39.3 Å². The highest BCUT2D eigenvalue weighted by Crippen LogP contribution is 2.04. The molecule has 17 heavy (non-hydrogen) atoms. The molecule has 0 amide bonds. The standard InChI is InChI=1S/C14H27N3/c1-13(2)11-15-5-6-16-7-9-17(10-8-16)12-14(3)4/h11-13H,5-10H2,1-4H3. The number of aliphatic imine (C=N–C) groups is 1. The molecule has 0 atom stereocenters. The van der Waals surface area contributed by atoms with E-state index in [4.69, 9.17) is 0 Å². The molecule has 3 heteroatoms. The summed E-state index contributed by atoms with van der Waals surface area (Å²) in [6.07, 6.45) is 4.33. The van der Waals surface area contributed by atoms with E-state index in [1.54, 1.807) is 0 Å². The first-order valence-electron chi connectivity index (χ1n) is 6.69. The Morgan fingerprint density at radius 3 is 2.35 bits per heavy atom. The largest absolute Gasteiger partial charge is 0.375 e. The topological polar surface area (TPSA) is 18.8 Å². The molecule has 0 radical (unpaired) electrons. The lowest BCUT2D eigenvalue weighted by Crippen LogP contribution is -2.44. The third-order valence-electron chi connectivity index (χ3n) is 2.80. The molecule has 0 aliphatic carbocycles. The number of rotatable bonds is 5. The normalized spacial score (nSPS) is 18.1. The Morgan fingerprint density at radius 1 is 1.18 bits per heavy atom. The van der Waals surface area contributed by atoms with Gasteiger partial charge < -0.3 is 4.90 Å². The summed E-state index contributed by atoms with van der Waals surface area (Å²) in [4.78, 5) is 9.37. The smallest absolute Gasteiger partial charge is 0.0513 e. The van der Waals surface area contributed by atoms with Crippen molar-refractivity contribution in [1.29, 1.82) is 0 Å². The minimum atomic E-state index is 0.574. The number of piperazine rings is 1. The Labute approximate surface area is 106 Å². The summed E-state index contributed by atoms with van der Waals surface area (Å²) in [6.45, 7) is 15.3. The molecule has 1 aliphatic heterocycles. The molecule has 1 saturated heterocycles. The van der Waals surface area contributed by atoms with Crippen LogP contribution in [0.25, 0.3) is 0 Å². The molecular weight excluding hydrogens is 210 g/mol. The average Bonchev–Trinajstić information content (AvgIpc) is 2.25. The zero-order valence-corrected chi connectivity index (χ0v) is 11.8. The molecule has 1 rings (SSSR count). The van der Waals surface area contributed by atoms with E-state index in [1.165, 1.54) is 18.7 Å². The first-order chi connectivity index (χ1) is 8.08. The third kappa shape index (κ3) is 6.47. The second kappa shape index (κ2) is 7.49. The van der Waals surface area contributed by atoms with Crippen molar-refractivity contribution in [3.63, 3.8) is 0 Å². The lowest BCUT2D eigenvalue weighted by atomic mass is 10.2. The molecule has 1 fully saturated rings. The van der Waals surface area contributed by atoms with Crippen molar-refractivity contribution in [3.8, 4) is 0 Å². The van der Waals surface area contributed by atoms with E-state index >= 15 is 0 Å². The fourth-order valence-electron chi connectivity index (χ4n) is 1.97. The zero-order valence-electron chi connectivity index (χ0n) is 11.8. The third-order valence-corrected chi connectivity index (χ3v) is 2.80. The van der Waals surface area contributed by atoms with Gasteiger partial charge in [-0.3, -0.25) is 9.89 Å². The number of nitrogens with zero attached hydrogens (tertiary/aromatic N) is 3. The molecule has 0 aromatic heterocycles. The predicted octanol–water partition coefficient (Wildman–Crippen LogP) is 2.25. The van der Waals surface area contributed by atoms with Gasteiger partial charge in [0.05, 0.1) is 6.54 Å². The molecule has 0 spiro atoms. The highest BCUT2D eigenvalue weighted by molar-refractivity contribution is 5.59. The Kier molecular flexibility index (Phi) is 6.27. The maximum absolute atomic E-state index is 4.44. The summed E-state index contributed by atoms with van der Waals surface area (Å²) in [6, 6.07) is 0. The molecule has 0 aromatic carbocycles. The van der Waals surface area contributed by atoms with Crippen LogP contribution in [0.15, 0.2) is 16.8 Å². The molecule has 0 unspecified atom stereocenters. The van der Waals surface area contributed by atoms with Gasteiger partial charge in [-0.25, -0.2) is 0 Å². The highest BCUT2D eigenvalue weighted by Gasteiger charge is 2.13. The monoisotopic (exact) mass is 237 g/mol. The molecule has 0 N–H and O–H groups in total. The molecule has 98 valence electrons. The Hall–Kier alpha value is -0.830. The van der Waals surface area contributed by atoms with E-state index in [9.17, 15) is 0 Å². The molecule has 0 saturated carbocycles. The highest BCUT2D eigenvalue weighted by atomic mass is 15.3. The van der Waals surface area contributed by atoms with Crippen molar-refractivity contribution in [3.05, 3.63) is 11.8 Å². The first-order valence-corrected chi connectivity index (χ1v) is 6.69. The van der Waals surface area contributed by atoms with Gasteiger partial charge in [0, 0.05) is 38.9 Å². The molecule has 3 nitrogen and oxygen atoms in total. The lowest BCUT2D eigenvalue weighted by molar-refractivity contribution is 0.172. The Morgan fingerprint density at radius 2 is 1.82 bits per heavy atom. The summed E-state index contributed by atoms with van der Waals surface area (Å²) >= 11 is 0. The van der Waals surface area contributed by atoms with Crippen LogP contribution in [0.3, 0.4) is 0 Å². The van der Waals surface area contributed by atoms with Gasteiger partial charge in [0.15, 0.2) is 0 Å². The summed E-state index contributed by atoms with van der Waals surface area (Å²) in [7, 11) is 0. The van der Waals surface area contributed by atoms with Gasteiger partial charge in [0.25, 0.3) is 0 Å². The minimum Gasteiger partial charge on any atom is -0.375 e. The lowest BCUT2D eigenvalue weighted by Gasteiger charge is -2.34. The van der Waals surface area contributed by atoms with E-state index < -0.39 is 0 Å². The molecule has 0 aromatic rings. The van der Waals surface area contributed by atoms with E-state index in [0.29, 0.717) is 5.92 Å². The summed E-state index contributed by atoms with van der Waals surface area (Å²) in [5.74, 6) is 0.574. The number of hydrogen-bond donors (Lipinski definition) is 0. The SMILES string of the molecule is CC(C)=CN1CCN(CCN=CC(C)C)CC1. The zero-order chi connectivity index (χ0) is 12.7. The second-order valence-corrected chi connectivity index (χ2v) is 5.38. The van der Waals surface area contributed by atoms with Crippen molar-refractivity contribution < 1.29 is 0 Å². The van der Waals surface area contributed by atoms with Crippen LogP contribution in [-0.4, -0.2) is 55.3 Å². The molecule has 1 aliphatic rings. The minimum absolute atomic E-state index is 0.574. The quantitative estimate of drug-likeness (QED) is 0.683. The van der Waals surface area contributed by atoms with Crippen LogP contribution in [0.1, 0.15) is 27.7 Å². The van der Waals surface area contributed by atoms with Crippen LogP contribution in [0.4, 0.5) is 0 Å². The van der Waals surface area contributed by atoms with Crippen LogP contribution in [0, 0.1) is 5.92 Å². The van der Waals surface area contributed by atoms with Gasteiger partial charge in [-0.2, -0.15) is 0 Å². The van der Waals surface area contributed by atoms with E-state index in [1.807, 2.05) is 0 Å².